The predicted octanol–water partition coefficient (Wildman–Crippen LogP) is 3.22. The number of hydrogen-bond acceptors (Lipinski definition) is 6. The standard InChI is InChI=1S/C17H14ClFN4O3/c1-26-15-7-14-11(4-9(15)5-16(24)23-25)17(21-8-20-14)22-10-2-3-13(19)12(18)6-10/h2-4,6-8,25H,5H2,1H3,(H,23,24)(H,20,21,22). The molecule has 1 aromatic heterocycles. The number of fused-ring (bicyclic) bond motifs is 1. The van der Waals surface area contributed by atoms with Crippen LogP contribution in [-0.2, 0) is 11.2 Å². The Bertz CT molecular complexity index is 984. The molecule has 0 atom stereocenters. The van der Waals surface area contributed by atoms with Crippen LogP contribution < -0.4 is 15.5 Å². The number of aromatic nitrogens is 2. The number of benzene rings is 2. The number of hydrogen-bond donors (Lipinski definition) is 3. The smallest absolute Gasteiger partial charge is 0.247 e. The molecule has 0 fully saturated rings. The summed E-state index contributed by atoms with van der Waals surface area (Å²) < 4.78 is 18.6. The maximum atomic E-state index is 13.3. The number of carbonyl (C=O) groups is 1. The number of anilines is 2. The van der Waals surface area contributed by atoms with E-state index in [0.717, 1.165) is 0 Å². The normalized spacial score (nSPS) is 10.6. The molecule has 1 heterocycles. The highest BCUT2D eigenvalue weighted by molar-refractivity contribution is 6.31. The van der Waals surface area contributed by atoms with Crippen LogP contribution in [-0.4, -0.2) is 28.2 Å². The third-order valence-corrected chi connectivity index (χ3v) is 3.99. The van der Waals surface area contributed by atoms with Crippen LogP contribution >= 0.6 is 11.6 Å². The predicted molar refractivity (Wildman–Crippen MR) is 94.4 cm³/mol. The Labute approximate surface area is 152 Å². The summed E-state index contributed by atoms with van der Waals surface area (Å²) in [5.41, 5.74) is 3.26. The van der Waals surface area contributed by atoms with E-state index >= 15 is 0 Å². The summed E-state index contributed by atoms with van der Waals surface area (Å²) in [6.07, 6.45) is 1.28. The molecule has 0 aliphatic rings. The summed E-state index contributed by atoms with van der Waals surface area (Å²) in [5, 5.41) is 12.4. The van der Waals surface area contributed by atoms with Crippen LogP contribution in [0, 0.1) is 5.82 Å². The molecule has 2 aromatic carbocycles. The fraction of sp³-hybridized carbons (Fsp3) is 0.118. The number of nitrogens with one attached hydrogen (secondary N) is 2. The minimum Gasteiger partial charge on any atom is -0.496 e. The lowest BCUT2D eigenvalue weighted by Crippen LogP contribution is -2.21. The van der Waals surface area contributed by atoms with Gasteiger partial charge in [0.2, 0.25) is 5.91 Å². The number of nitrogens with zero attached hydrogens (tertiary/aromatic N) is 2. The number of carbonyl (C=O) groups excluding carboxylic acids is 1. The molecule has 0 spiro atoms. The molecule has 134 valence electrons. The molecule has 3 N–H and O–H groups in total. The number of methoxy groups -OCH3 is 1. The van der Waals surface area contributed by atoms with Crippen molar-refractivity contribution >= 4 is 39.9 Å². The monoisotopic (exact) mass is 376 g/mol. The van der Waals surface area contributed by atoms with Crippen molar-refractivity contribution in [3.63, 3.8) is 0 Å². The molecule has 3 rings (SSSR count). The van der Waals surface area contributed by atoms with E-state index in [4.69, 9.17) is 21.5 Å². The first-order valence-electron chi connectivity index (χ1n) is 7.48. The Kier molecular flexibility index (Phi) is 5.15. The molecular formula is C17H14ClFN4O3. The molecule has 0 radical (unpaired) electrons. The number of ether oxygens (including phenoxy) is 1. The maximum absolute atomic E-state index is 13.3. The summed E-state index contributed by atoms with van der Waals surface area (Å²) in [6.45, 7) is 0. The lowest BCUT2D eigenvalue weighted by Gasteiger charge is -2.13. The zero-order valence-corrected chi connectivity index (χ0v) is 14.3. The number of hydroxylamine groups is 1. The third kappa shape index (κ3) is 3.66. The Balaban J connectivity index is 2.06. The maximum Gasteiger partial charge on any atom is 0.247 e. The van der Waals surface area contributed by atoms with Gasteiger partial charge in [0.1, 0.15) is 23.7 Å². The molecule has 0 aliphatic carbocycles. The van der Waals surface area contributed by atoms with Crippen molar-refractivity contribution in [2.75, 3.05) is 12.4 Å². The molecule has 0 saturated carbocycles. The van der Waals surface area contributed by atoms with E-state index in [1.807, 2.05) is 0 Å². The van der Waals surface area contributed by atoms with E-state index in [0.29, 0.717) is 33.7 Å². The minimum absolute atomic E-state index is 0.0182. The zero-order valence-electron chi connectivity index (χ0n) is 13.6. The van der Waals surface area contributed by atoms with Crippen LogP contribution in [0.4, 0.5) is 15.9 Å². The Hall–Kier alpha value is -2.97. The van der Waals surface area contributed by atoms with Gasteiger partial charge in [-0.05, 0) is 24.3 Å². The Morgan fingerprint density at radius 1 is 1.31 bits per heavy atom. The van der Waals surface area contributed by atoms with Crippen molar-refractivity contribution in [3.8, 4) is 5.75 Å². The van der Waals surface area contributed by atoms with Crippen LogP contribution in [0.25, 0.3) is 10.9 Å². The van der Waals surface area contributed by atoms with Gasteiger partial charge in [0.25, 0.3) is 0 Å². The second kappa shape index (κ2) is 7.51. The first-order valence-corrected chi connectivity index (χ1v) is 7.86. The van der Waals surface area contributed by atoms with Crippen LogP contribution in [0.2, 0.25) is 5.02 Å². The van der Waals surface area contributed by atoms with Crippen molar-refractivity contribution in [2.45, 2.75) is 6.42 Å². The van der Waals surface area contributed by atoms with Crippen LogP contribution in [0.5, 0.6) is 5.75 Å². The average Bonchev–Trinajstić information content (AvgIpc) is 2.64. The average molecular weight is 377 g/mol. The highest BCUT2D eigenvalue weighted by atomic mass is 35.5. The lowest BCUT2D eigenvalue weighted by molar-refractivity contribution is -0.128. The summed E-state index contributed by atoms with van der Waals surface area (Å²) in [7, 11) is 1.47. The highest BCUT2D eigenvalue weighted by Crippen LogP contribution is 2.30. The van der Waals surface area contributed by atoms with E-state index < -0.39 is 11.7 Å². The van der Waals surface area contributed by atoms with Gasteiger partial charge in [-0.3, -0.25) is 10.0 Å². The number of rotatable bonds is 5. The van der Waals surface area contributed by atoms with Crippen molar-refractivity contribution in [1.29, 1.82) is 0 Å². The van der Waals surface area contributed by atoms with Crippen LogP contribution in [0.3, 0.4) is 0 Å². The van der Waals surface area contributed by atoms with Crippen molar-refractivity contribution in [1.82, 2.24) is 15.4 Å². The summed E-state index contributed by atoms with van der Waals surface area (Å²) in [5.74, 6) is -0.201. The Morgan fingerprint density at radius 2 is 2.12 bits per heavy atom. The van der Waals surface area contributed by atoms with Gasteiger partial charge in [0.05, 0.1) is 24.1 Å². The van der Waals surface area contributed by atoms with Gasteiger partial charge in [0.15, 0.2) is 0 Å². The first-order chi connectivity index (χ1) is 12.5. The molecule has 3 aromatic rings. The molecular weight excluding hydrogens is 363 g/mol. The van der Waals surface area contributed by atoms with Gasteiger partial charge in [-0.25, -0.2) is 19.8 Å². The molecule has 0 saturated heterocycles. The fourth-order valence-electron chi connectivity index (χ4n) is 2.48. The SMILES string of the molecule is COc1cc2ncnc(Nc3ccc(F)c(Cl)c3)c2cc1CC(=O)NO. The molecule has 1 amide bonds. The molecule has 9 heteroatoms. The zero-order chi connectivity index (χ0) is 18.7. The van der Waals surface area contributed by atoms with Crippen LogP contribution in [0.1, 0.15) is 5.56 Å². The molecule has 0 aliphatic heterocycles. The summed E-state index contributed by atoms with van der Waals surface area (Å²) in [6, 6.07) is 7.57. The van der Waals surface area contributed by atoms with E-state index in [-0.39, 0.29) is 11.4 Å². The quantitative estimate of drug-likeness (QED) is 0.467. The molecule has 26 heavy (non-hydrogen) atoms. The molecule has 0 bridgehead atoms. The van der Waals surface area contributed by atoms with E-state index in [1.165, 1.54) is 31.6 Å². The van der Waals surface area contributed by atoms with Crippen molar-refractivity contribution < 1.29 is 19.1 Å². The topological polar surface area (TPSA) is 96.4 Å². The number of amides is 1. The molecule has 0 unspecified atom stereocenters. The minimum atomic E-state index is -0.584. The van der Waals surface area contributed by atoms with Gasteiger partial charge in [-0.2, -0.15) is 0 Å². The highest BCUT2D eigenvalue weighted by Gasteiger charge is 2.13. The van der Waals surface area contributed by atoms with Gasteiger partial charge < -0.3 is 10.1 Å². The molecule has 7 nitrogen and oxygen atoms in total. The van der Waals surface area contributed by atoms with Gasteiger partial charge in [-0.15, -0.1) is 0 Å². The first kappa shape index (κ1) is 17.8. The van der Waals surface area contributed by atoms with Crippen molar-refractivity contribution in [2.24, 2.45) is 0 Å². The van der Waals surface area contributed by atoms with Crippen molar-refractivity contribution in [3.05, 3.63) is 53.1 Å². The second-order valence-electron chi connectivity index (χ2n) is 5.37. The van der Waals surface area contributed by atoms with Gasteiger partial charge in [0, 0.05) is 22.7 Å². The van der Waals surface area contributed by atoms with Gasteiger partial charge >= 0.3 is 0 Å². The summed E-state index contributed by atoms with van der Waals surface area (Å²) in [4.78, 5) is 19.9. The second-order valence-corrected chi connectivity index (χ2v) is 5.78. The van der Waals surface area contributed by atoms with Crippen LogP contribution in [0.15, 0.2) is 36.7 Å². The Morgan fingerprint density at radius 3 is 2.81 bits per heavy atom. The van der Waals surface area contributed by atoms with E-state index in [2.05, 4.69) is 15.3 Å². The fourth-order valence-corrected chi connectivity index (χ4v) is 2.66. The summed E-state index contributed by atoms with van der Waals surface area (Å²) >= 11 is 5.80. The largest absolute Gasteiger partial charge is 0.496 e. The van der Waals surface area contributed by atoms with E-state index in [1.54, 1.807) is 17.6 Å². The van der Waals surface area contributed by atoms with Gasteiger partial charge in [-0.1, -0.05) is 11.6 Å². The lowest BCUT2D eigenvalue weighted by atomic mass is 10.1. The third-order valence-electron chi connectivity index (χ3n) is 3.70. The number of halogens is 2. The van der Waals surface area contributed by atoms with E-state index in [9.17, 15) is 9.18 Å².